The monoisotopic (exact) mass is 306 g/mol. The number of unbranched alkanes of at least 4 members (excludes halogenated alkanes) is 1. The minimum Gasteiger partial charge on any atom is -0.390 e. The van der Waals surface area contributed by atoms with Crippen LogP contribution >= 0.6 is 0 Å². The summed E-state index contributed by atoms with van der Waals surface area (Å²) in [5, 5.41) is 8.88. The summed E-state index contributed by atoms with van der Waals surface area (Å²) in [6.45, 7) is 1.84. The van der Waals surface area contributed by atoms with E-state index in [4.69, 9.17) is 14.6 Å². The average molecular weight is 306 g/mol. The molecule has 116 valence electrons. The molecule has 0 spiro atoms. The highest BCUT2D eigenvalue weighted by atomic mass is 32.2. The number of aromatic amines is 1. The Hall–Kier alpha value is -0.930. The Labute approximate surface area is 119 Å². The van der Waals surface area contributed by atoms with Crippen molar-refractivity contribution in [2.45, 2.75) is 24.3 Å². The first-order chi connectivity index (χ1) is 9.60. The number of rotatable bonds is 11. The predicted molar refractivity (Wildman–Crippen MR) is 73.8 cm³/mol. The quantitative estimate of drug-likeness (QED) is 0.508. The van der Waals surface area contributed by atoms with Crippen molar-refractivity contribution in [2.75, 3.05) is 33.5 Å². The third-order valence-electron chi connectivity index (χ3n) is 2.64. The van der Waals surface area contributed by atoms with Gasteiger partial charge in [0.2, 0.25) is 10.0 Å². The van der Waals surface area contributed by atoms with E-state index in [2.05, 4.69) is 9.71 Å². The maximum Gasteiger partial charge on any atom is 0.242 e. The Bertz CT molecular complexity index is 472. The van der Waals surface area contributed by atoms with E-state index in [1.54, 1.807) is 7.11 Å². The Morgan fingerprint density at radius 2 is 2.10 bits per heavy atom. The molecule has 3 N–H and O–H groups in total. The molecule has 0 aromatic carbocycles. The molecule has 0 saturated carbocycles. The van der Waals surface area contributed by atoms with Crippen molar-refractivity contribution in [1.29, 1.82) is 0 Å². The summed E-state index contributed by atoms with van der Waals surface area (Å²) in [5.74, 6) is 0. The fourth-order valence-corrected chi connectivity index (χ4v) is 2.62. The van der Waals surface area contributed by atoms with Crippen LogP contribution in [0, 0.1) is 0 Å². The number of nitrogens with one attached hydrogen (secondary N) is 2. The van der Waals surface area contributed by atoms with E-state index in [1.807, 2.05) is 0 Å². The van der Waals surface area contributed by atoms with Gasteiger partial charge in [0.1, 0.15) is 0 Å². The number of aromatic nitrogens is 1. The number of H-pyrrole nitrogens is 1. The summed E-state index contributed by atoms with van der Waals surface area (Å²) in [6, 6.07) is 1.41. The summed E-state index contributed by atoms with van der Waals surface area (Å²) in [6.07, 6.45) is 2.84. The van der Waals surface area contributed by atoms with Gasteiger partial charge in [-0.1, -0.05) is 0 Å². The molecule has 0 aliphatic carbocycles. The number of ether oxygens (including phenoxy) is 2. The molecular formula is C12H22N2O5S. The molecule has 1 heterocycles. The first-order valence-corrected chi connectivity index (χ1v) is 7.93. The Morgan fingerprint density at radius 3 is 2.75 bits per heavy atom. The lowest BCUT2D eigenvalue weighted by Gasteiger charge is -2.05. The second-order valence-corrected chi connectivity index (χ2v) is 6.00. The highest BCUT2D eigenvalue weighted by Gasteiger charge is 2.14. The van der Waals surface area contributed by atoms with Gasteiger partial charge in [0.05, 0.1) is 24.7 Å². The fourth-order valence-electron chi connectivity index (χ4n) is 1.53. The lowest BCUT2D eigenvalue weighted by molar-refractivity contribution is 0.0689. The molecule has 1 aromatic heterocycles. The smallest absolute Gasteiger partial charge is 0.242 e. The highest BCUT2D eigenvalue weighted by molar-refractivity contribution is 7.89. The van der Waals surface area contributed by atoms with Crippen molar-refractivity contribution in [1.82, 2.24) is 9.71 Å². The van der Waals surface area contributed by atoms with Crippen molar-refractivity contribution in [2.24, 2.45) is 0 Å². The molecule has 8 heteroatoms. The number of aliphatic hydroxyl groups is 1. The van der Waals surface area contributed by atoms with E-state index in [0.29, 0.717) is 38.5 Å². The van der Waals surface area contributed by atoms with Crippen LogP contribution in [0.25, 0.3) is 0 Å². The van der Waals surface area contributed by atoms with Crippen molar-refractivity contribution in [3.8, 4) is 0 Å². The number of hydrogen-bond donors (Lipinski definition) is 3. The van der Waals surface area contributed by atoms with Crippen molar-refractivity contribution < 1.29 is 23.0 Å². The van der Waals surface area contributed by atoms with Crippen LogP contribution in [0.2, 0.25) is 0 Å². The van der Waals surface area contributed by atoms with Crippen LogP contribution in [-0.2, 0) is 26.1 Å². The van der Waals surface area contributed by atoms with Crippen LogP contribution in [0.15, 0.2) is 17.2 Å². The van der Waals surface area contributed by atoms with Crippen LogP contribution in [0.5, 0.6) is 0 Å². The molecule has 0 radical (unpaired) electrons. The van der Waals surface area contributed by atoms with Crippen LogP contribution in [0.4, 0.5) is 0 Å². The number of methoxy groups -OCH3 is 1. The topological polar surface area (TPSA) is 101 Å². The molecule has 0 bridgehead atoms. The van der Waals surface area contributed by atoms with E-state index in [-0.39, 0.29) is 11.5 Å². The molecule has 7 nitrogen and oxygen atoms in total. The molecule has 0 fully saturated rings. The van der Waals surface area contributed by atoms with Gasteiger partial charge in [0.25, 0.3) is 0 Å². The molecule has 0 unspecified atom stereocenters. The van der Waals surface area contributed by atoms with E-state index < -0.39 is 10.0 Å². The standard InChI is InChI=1S/C12H22N2O5S/c1-18-6-7-19-5-3-2-4-14-20(16,17)12-8-11(10-15)13-9-12/h8-9,13-15H,2-7,10H2,1H3. The van der Waals surface area contributed by atoms with Crippen LogP contribution in [0.1, 0.15) is 18.5 Å². The first kappa shape index (κ1) is 17.1. The molecule has 0 aliphatic heterocycles. The first-order valence-electron chi connectivity index (χ1n) is 6.44. The molecule has 0 saturated heterocycles. The molecule has 1 aromatic rings. The summed E-state index contributed by atoms with van der Waals surface area (Å²) in [4.78, 5) is 2.83. The zero-order valence-corrected chi connectivity index (χ0v) is 12.4. The number of sulfonamides is 1. The second kappa shape index (κ2) is 9.09. The highest BCUT2D eigenvalue weighted by Crippen LogP contribution is 2.10. The summed E-state index contributed by atoms with van der Waals surface area (Å²) in [5.41, 5.74) is 0.469. The van der Waals surface area contributed by atoms with Gasteiger partial charge >= 0.3 is 0 Å². The van der Waals surface area contributed by atoms with Crippen molar-refractivity contribution in [3.05, 3.63) is 18.0 Å². The van der Waals surface area contributed by atoms with Crippen molar-refractivity contribution >= 4 is 10.0 Å². The normalized spacial score (nSPS) is 11.9. The predicted octanol–water partition coefficient (Wildman–Crippen LogP) is 0.229. The van der Waals surface area contributed by atoms with E-state index in [1.165, 1.54) is 12.3 Å². The Kier molecular flexibility index (Phi) is 7.78. The van der Waals surface area contributed by atoms with Gasteiger partial charge in [-0.15, -0.1) is 0 Å². The van der Waals surface area contributed by atoms with Gasteiger partial charge in [0.15, 0.2) is 0 Å². The largest absolute Gasteiger partial charge is 0.390 e. The fraction of sp³-hybridized carbons (Fsp3) is 0.667. The lowest BCUT2D eigenvalue weighted by Crippen LogP contribution is -2.24. The minimum absolute atomic E-state index is 0.137. The van der Waals surface area contributed by atoms with Crippen LogP contribution < -0.4 is 4.72 Å². The van der Waals surface area contributed by atoms with Gasteiger partial charge in [0, 0.05) is 32.2 Å². The SMILES string of the molecule is COCCOCCCCNS(=O)(=O)c1c[nH]c(CO)c1. The van der Waals surface area contributed by atoms with Gasteiger partial charge in [-0.05, 0) is 18.9 Å². The molecule has 0 aliphatic rings. The third kappa shape index (κ3) is 6.02. The van der Waals surface area contributed by atoms with Crippen LogP contribution in [0.3, 0.4) is 0 Å². The average Bonchev–Trinajstić information content (AvgIpc) is 2.91. The molecule has 20 heavy (non-hydrogen) atoms. The lowest BCUT2D eigenvalue weighted by atomic mass is 10.3. The summed E-state index contributed by atoms with van der Waals surface area (Å²) >= 11 is 0. The maximum absolute atomic E-state index is 11.9. The molecule has 0 amide bonds. The third-order valence-corrected chi connectivity index (χ3v) is 4.08. The maximum atomic E-state index is 11.9. The van der Waals surface area contributed by atoms with Crippen molar-refractivity contribution in [3.63, 3.8) is 0 Å². The Morgan fingerprint density at radius 1 is 1.30 bits per heavy atom. The van der Waals surface area contributed by atoms with Gasteiger partial charge in [-0.25, -0.2) is 13.1 Å². The minimum atomic E-state index is -3.50. The zero-order chi connectivity index (χ0) is 14.8. The molecular weight excluding hydrogens is 284 g/mol. The van der Waals surface area contributed by atoms with Gasteiger partial charge < -0.3 is 19.6 Å². The molecule has 0 atom stereocenters. The summed E-state index contributed by atoms with van der Waals surface area (Å²) < 4.78 is 36.4. The van der Waals surface area contributed by atoms with Crippen LogP contribution in [-0.4, -0.2) is 52.0 Å². The Balaban J connectivity index is 2.20. The van der Waals surface area contributed by atoms with E-state index >= 15 is 0 Å². The molecule has 1 rings (SSSR count). The number of hydrogen-bond acceptors (Lipinski definition) is 5. The van der Waals surface area contributed by atoms with Gasteiger partial charge in [-0.3, -0.25) is 0 Å². The summed E-state index contributed by atoms with van der Waals surface area (Å²) in [7, 11) is -1.89. The van der Waals surface area contributed by atoms with Gasteiger partial charge in [-0.2, -0.15) is 0 Å². The number of aliphatic hydroxyl groups excluding tert-OH is 1. The zero-order valence-electron chi connectivity index (χ0n) is 11.6. The second-order valence-electron chi connectivity index (χ2n) is 4.23. The van der Waals surface area contributed by atoms with E-state index in [0.717, 1.165) is 6.42 Å². The van der Waals surface area contributed by atoms with E-state index in [9.17, 15) is 8.42 Å².